The number of aromatic hydroxyl groups is 1. The van der Waals surface area contributed by atoms with Crippen LogP contribution in [-0.2, 0) is 4.74 Å². The average Bonchev–Trinajstić information content (AvgIpc) is 2.32. The van der Waals surface area contributed by atoms with Crippen LogP contribution in [0.3, 0.4) is 0 Å². The van der Waals surface area contributed by atoms with Gasteiger partial charge in [-0.2, -0.15) is 0 Å². The van der Waals surface area contributed by atoms with Crippen molar-refractivity contribution in [3.8, 4) is 5.75 Å². The lowest BCUT2D eigenvalue weighted by atomic mass is 9.82. The third kappa shape index (κ3) is 2.57. The van der Waals surface area contributed by atoms with Gasteiger partial charge in [0, 0.05) is 0 Å². The minimum absolute atomic E-state index is 0.347. The number of hydrogen-bond acceptors (Lipinski definition) is 2. The lowest BCUT2D eigenvalue weighted by Crippen LogP contribution is -2.06. The number of benzene rings is 1. The second-order valence-corrected chi connectivity index (χ2v) is 4.38. The van der Waals surface area contributed by atoms with Crippen LogP contribution in [0.1, 0.15) is 37.2 Å². The predicted molar refractivity (Wildman–Crippen MR) is 64.4 cm³/mol. The Bertz CT molecular complexity index is 355. The molecule has 16 heavy (non-hydrogen) atoms. The quantitative estimate of drug-likeness (QED) is 0.769. The van der Waals surface area contributed by atoms with E-state index < -0.39 is 0 Å². The molecule has 0 heterocycles. The van der Waals surface area contributed by atoms with E-state index in [-0.39, 0.29) is 0 Å². The Morgan fingerprint density at radius 2 is 1.81 bits per heavy atom. The zero-order chi connectivity index (χ0) is 11.4. The van der Waals surface area contributed by atoms with E-state index in [2.05, 4.69) is 0 Å². The summed E-state index contributed by atoms with van der Waals surface area (Å²) in [7, 11) is 1.71. The molecule has 0 aromatic heterocycles. The summed E-state index contributed by atoms with van der Waals surface area (Å²) < 4.78 is 5.04. The molecule has 1 N–H and O–H groups in total. The van der Waals surface area contributed by atoms with Gasteiger partial charge in [0.05, 0.1) is 13.4 Å². The Morgan fingerprint density at radius 3 is 2.38 bits per heavy atom. The molecule has 86 valence electrons. The van der Waals surface area contributed by atoms with Crippen LogP contribution in [0.2, 0.25) is 0 Å². The van der Waals surface area contributed by atoms with Gasteiger partial charge in [0.2, 0.25) is 0 Å². The van der Waals surface area contributed by atoms with E-state index >= 15 is 0 Å². The zero-order valence-corrected chi connectivity index (χ0v) is 9.65. The van der Waals surface area contributed by atoms with Crippen LogP contribution in [0.15, 0.2) is 36.1 Å². The van der Waals surface area contributed by atoms with Crippen molar-refractivity contribution in [1.82, 2.24) is 0 Å². The van der Waals surface area contributed by atoms with Crippen LogP contribution in [0.25, 0.3) is 0 Å². The van der Waals surface area contributed by atoms with Crippen molar-refractivity contribution in [3.63, 3.8) is 0 Å². The molecular formula is C14H18O2. The van der Waals surface area contributed by atoms with Gasteiger partial charge in [0.1, 0.15) is 5.75 Å². The van der Waals surface area contributed by atoms with E-state index in [1.165, 1.54) is 24.0 Å². The summed E-state index contributed by atoms with van der Waals surface area (Å²) >= 11 is 0. The number of phenols is 1. The summed E-state index contributed by atoms with van der Waals surface area (Å²) in [6.45, 7) is 0. The van der Waals surface area contributed by atoms with Gasteiger partial charge in [-0.3, -0.25) is 0 Å². The maximum atomic E-state index is 9.24. The predicted octanol–water partition coefficient (Wildman–Crippen LogP) is 3.58. The molecule has 1 aromatic rings. The second kappa shape index (κ2) is 5.06. The van der Waals surface area contributed by atoms with E-state index in [0.29, 0.717) is 11.7 Å². The first kappa shape index (κ1) is 11.1. The highest BCUT2D eigenvalue weighted by atomic mass is 16.5. The smallest absolute Gasteiger partial charge is 0.115 e. The van der Waals surface area contributed by atoms with Crippen molar-refractivity contribution in [3.05, 3.63) is 41.7 Å². The van der Waals surface area contributed by atoms with E-state index in [4.69, 9.17) is 4.74 Å². The number of rotatable bonds is 2. The minimum Gasteiger partial charge on any atom is -0.508 e. The van der Waals surface area contributed by atoms with Crippen molar-refractivity contribution in [2.45, 2.75) is 31.6 Å². The number of phenolic OH excluding ortho intramolecular Hbond substituents is 1. The van der Waals surface area contributed by atoms with Crippen LogP contribution in [-0.4, -0.2) is 12.2 Å². The van der Waals surface area contributed by atoms with Crippen LogP contribution >= 0.6 is 0 Å². The van der Waals surface area contributed by atoms with Gasteiger partial charge >= 0.3 is 0 Å². The number of hydrogen-bond donors (Lipinski definition) is 1. The number of allylic oxidation sites excluding steroid dienone is 1. The molecule has 2 heteroatoms. The van der Waals surface area contributed by atoms with Gasteiger partial charge in [0.15, 0.2) is 0 Å². The minimum atomic E-state index is 0.347. The Kier molecular flexibility index (Phi) is 3.50. The van der Waals surface area contributed by atoms with Crippen molar-refractivity contribution in [2.75, 3.05) is 7.11 Å². The number of ether oxygens (including phenoxy) is 1. The maximum Gasteiger partial charge on any atom is 0.115 e. The van der Waals surface area contributed by atoms with Crippen molar-refractivity contribution < 1.29 is 9.84 Å². The highest BCUT2D eigenvalue weighted by Gasteiger charge is 2.18. The van der Waals surface area contributed by atoms with Crippen molar-refractivity contribution in [2.24, 2.45) is 0 Å². The molecule has 1 aliphatic rings. The summed E-state index contributed by atoms with van der Waals surface area (Å²) in [5, 5.41) is 9.24. The van der Waals surface area contributed by atoms with E-state index in [1.807, 2.05) is 18.4 Å². The third-order valence-electron chi connectivity index (χ3n) is 3.28. The Morgan fingerprint density at radius 1 is 1.19 bits per heavy atom. The molecule has 0 aliphatic heterocycles. The lowest BCUT2D eigenvalue weighted by molar-refractivity contribution is 0.326. The molecule has 1 aromatic carbocycles. The second-order valence-electron chi connectivity index (χ2n) is 4.38. The van der Waals surface area contributed by atoms with Crippen LogP contribution in [0.4, 0.5) is 0 Å². The molecule has 2 rings (SSSR count). The maximum absolute atomic E-state index is 9.24. The van der Waals surface area contributed by atoms with Crippen molar-refractivity contribution >= 4 is 0 Å². The van der Waals surface area contributed by atoms with Gasteiger partial charge < -0.3 is 9.84 Å². The van der Waals surface area contributed by atoms with E-state index in [1.54, 1.807) is 19.2 Å². The third-order valence-corrected chi connectivity index (χ3v) is 3.28. The molecular weight excluding hydrogens is 200 g/mol. The number of methoxy groups -OCH3 is 1. The molecule has 0 radical (unpaired) electrons. The summed E-state index contributed by atoms with van der Waals surface area (Å²) in [5.41, 5.74) is 2.76. The van der Waals surface area contributed by atoms with Gasteiger partial charge in [-0.1, -0.05) is 12.1 Å². The van der Waals surface area contributed by atoms with Gasteiger partial charge in [-0.25, -0.2) is 0 Å². The summed E-state index contributed by atoms with van der Waals surface area (Å²) in [6.07, 6.45) is 6.49. The SMILES string of the molecule is COC=C1CCC(c2ccc(O)cc2)CC1. The van der Waals surface area contributed by atoms with Gasteiger partial charge in [-0.15, -0.1) is 0 Å². The van der Waals surface area contributed by atoms with Crippen LogP contribution in [0.5, 0.6) is 5.75 Å². The molecule has 1 saturated carbocycles. The Balaban J connectivity index is 1.99. The molecule has 0 unspecified atom stereocenters. The van der Waals surface area contributed by atoms with Crippen LogP contribution < -0.4 is 0 Å². The van der Waals surface area contributed by atoms with Gasteiger partial charge in [-0.05, 0) is 54.9 Å². The Labute approximate surface area is 96.6 Å². The summed E-state index contributed by atoms with van der Waals surface area (Å²) in [6, 6.07) is 7.61. The summed E-state index contributed by atoms with van der Waals surface area (Å²) in [5.74, 6) is 0.981. The fraction of sp³-hybridized carbons (Fsp3) is 0.429. The molecule has 0 saturated heterocycles. The summed E-state index contributed by atoms with van der Waals surface area (Å²) in [4.78, 5) is 0. The molecule has 1 fully saturated rings. The lowest BCUT2D eigenvalue weighted by Gasteiger charge is -2.24. The standard InChI is InChI=1S/C14H18O2/c1-16-10-11-2-4-12(5-3-11)13-6-8-14(15)9-7-13/h6-10,12,15H,2-5H2,1H3. The first-order valence-electron chi connectivity index (χ1n) is 5.79. The molecule has 0 bridgehead atoms. The van der Waals surface area contributed by atoms with E-state index in [0.717, 1.165) is 12.8 Å². The Hall–Kier alpha value is -1.44. The first-order valence-corrected chi connectivity index (χ1v) is 5.79. The molecule has 0 amide bonds. The fourth-order valence-corrected chi connectivity index (χ4v) is 2.35. The van der Waals surface area contributed by atoms with E-state index in [9.17, 15) is 5.11 Å². The average molecular weight is 218 g/mol. The molecule has 1 aliphatic carbocycles. The highest BCUT2D eigenvalue weighted by Crippen LogP contribution is 2.35. The van der Waals surface area contributed by atoms with Crippen molar-refractivity contribution in [1.29, 1.82) is 0 Å². The monoisotopic (exact) mass is 218 g/mol. The van der Waals surface area contributed by atoms with Gasteiger partial charge in [0.25, 0.3) is 0 Å². The fourth-order valence-electron chi connectivity index (χ4n) is 2.35. The first-order chi connectivity index (χ1) is 7.79. The van der Waals surface area contributed by atoms with Crippen LogP contribution in [0, 0.1) is 0 Å². The zero-order valence-electron chi connectivity index (χ0n) is 9.65. The molecule has 0 atom stereocenters. The molecule has 2 nitrogen and oxygen atoms in total. The normalized spacial score (nSPS) is 20.6. The highest BCUT2D eigenvalue weighted by molar-refractivity contribution is 5.29. The largest absolute Gasteiger partial charge is 0.508 e. The topological polar surface area (TPSA) is 29.5 Å². The molecule has 0 spiro atoms.